The van der Waals surface area contributed by atoms with Crippen LogP contribution in [0.4, 0.5) is 0 Å². The standard InChI is InChI=1S/C91H145N31O27/c1-46(2)38-61(116-77(137)55(18-10-34-103-89(97)98)109-74(134)52(94)15-6-8-32-92)81(141)117-62(39-48-22-24-50(125)25-23-48)82(142)113-58(27-30-71(130)131)79(139)112-59(28-31-72(132)133)80(140)118-63(40-49-42-106-53-16-5-4-14-51(49)53)83(143)119-64(41-68(96)127)84(144)110-56(19-11-35-104-90(99)100)78(138)120-65(45-123)87(147)122-37-13-21-66(122)85(145)114-54(17-7-9-33-93)76(136)111-57(26-29-67(95)126)75(135)108-43-69(128)107-44-70(129)121-73(47(3)124)86(146)115-60(88(148)149)20-12-36-105-91(101)102/h4-5,14,16,22-25,42,46-47,52,54-66,73,106,123-125H,6-13,15,17-21,26-41,43-45,92-94H2,1-3H3,(H2,95,126)(H2,96,127)(H,107,128)(H,108,135)(H,109,134)(H,110,144)(H,111,136)(H,112,139)(H,113,142)(H,114,145)(H,115,146)(H,116,137)(H,117,141)(H,118,140)(H,119,143)(H,120,138)(H,121,129)(H,130,131)(H,132,133)(H,148,149)(H4,97,98,103)(H4,99,100,104)(H4,101,102,105)/t47-,52+,54+,55+,56+,57+,58+,59+,60+,61+,62+,63+,64+,65+,66+,73+/m1/s1. The zero-order chi connectivity index (χ0) is 111. The third kappa shape index (κ3) is 47.1. The van der Waals surface area contributed by atoms with Crippen LogP contribution in [-0.2, 0) is 114 Å². The second-order valence-corrected chi connectivity index (χ2v) is 36.0. The Morgan fingerprint density at radius 3 is 1.33 bits per heavy atom. The number of phenols is 1. The van der Waals surface area contributed by atoms with Gasteiger partial charge in [0.15, 0.2) is 17.9 Å². The average Bonchev–Trinajstić information content (AvgIpc) is 1.65. The lowest BCUT2D eigenvalue weighted by molar-refractivity contribution is -0.143. The number of nitrogens with zero attached hydrogens (tertiary/aromatic N) is 1. The third-order valence-electron chi connectivity index (χ3n) is 23.3. The van der Waals surface area contributed by atoms with Crippen LogP contribution in [0.15, 0.2) is 54.7 Å². The molecular weight excluding hydrogens is 1960 g/mol. The van der Waals surface area contributed by atoms with Crippen LogP contribution in [0.1, 0.15) is 173 Å². The van der Waals surface area contributed by atoms with E-state index in [2.05, 4.69) is 101 Å². The molecule has 0 radical (unpaired) electrons. The van der Waals surface area contributed by atoms with Crippen LogP contribution in [0.3, 0.4) is 0 Å². The predicted molar refractivity (Wildman–Crippen MR) is 533 cm³/mol. The van der Waals surface area contributed by atoms with Crippen molar-refractivity contribution < 1.29 is 131 Å². The van der Waals surface area contributed by atoms with Gasteiger partial charge in [-0.05, 0) is 164 Å². The van der Waals surface area contributed by atoms with Gasteiger partial charge >= 0.3 is 17.9 Å². The van der Waals surface area contributed by atoms with E-state index in [9.17, 15) is 122 Å². The first-order valence-corrected chi connectivity index (χ1v) is 48.5. The molecule has 2 aromatic carbocycles. The Balaban J connectivity index is 1.65. The van der Waals surface area contributed by atoms with Gasteiger partial charge in [0.05, 0.1) is 38.3 Å². The topological polar surface area (TPSA) is 995 Å². The molecule has 1 fully saturated rings. The number of para-hydroxylation sites is 1. The van der Waals surface area contributed by atoms with Crippen molar-refractivity contribution in [3.63, 3.8) is 0 Å². The van der Waals surface area contributed by atoms with Crippen molar-refractivity contribution in [1.29, 1.82) is 16.2 Å². The number of carbonyl (C=O) groups is 21. The SMILES string of the molecule is CC(C)C[C@H](NC(=O)[C@H](CCCNC(=N)N)NC(=O)[C@@H](N)CCCCN)C(=O)N[C@@H](Cc1ccc(O)cc1)C(=O)N[C@@H](CCC(=O)O)C(=O)N[C@@H](CCC(=O)O)C(=O)N[C@@H](Cc1c[nH]c2ccccc12)C(=O)N[C@@H](CC(N)=O)C(=O)N[C@@H](CCCNC(=N)N)C(=O)N[C@@H](CO)C(=O)N1CCC[C@H]1C(=O)N[C@@H](CCCCN)C(=O)N[C@@H](CCC(N)=O)C(=O)NCC(=O)NCC(=O)N[C@H](C(=O)N[C@@H](CCCNC(=N)N)C(=O)O)[C@@H](C)O. The third-order valence-corrected chi connectivity index (χ3v) is 23.3. The molecule has 4 rings (SSSR count). The molecule has 0 saturated carbocycles. The normalized spacial score (nSPS) is 15.1. The van der Waals surface area contributed by atoms with E-state index >= 15 is 9.59 Å². The molecule has 0 aliphatic carbocycles. The fourth-order valence-corrected chi connectivity index (χ4v) is 15.4. The number of nitrogens with two attached hydrogens (primary N) is 8. The number of unbranched alkanes of at least 4 members (excludes halogenated alkanes) is 2. The minimum Gasteiger partial charge on any atom is -0.508 e. The van der Waals surface area contributed by atoms with Crippen molar-refractivity contribution in [3.8, 4) is 5.75 Å². The number of aliphatic carboxylic acids is 3. The van der Waals surface area contributed by atoms with Crippen LogP contribution < -0.4 is 142 Å². The summed E-state index contributed by atoms with van der Waals surface area (Å²) in [6.07, 6.45) is -5.73. The van der Waals surface area contributed by atoms with Crippen LogP contribution in [0.25, 0.3) is 10.9 Å². The van der Waals surface area contributed by atoms with E-state index in [0.717, 1.165) is 11.8 Å². The number of guanidine groups is 3. The van der Waals surface area contributed by atoms with Crippen molar-refractivity contribution in [1.82, 2.24) is 106 Å². The molecule has 3 aromatic rings. The van der Waals surface area contributed by atoms with E-state index in [1.807, 2.05) is 0 Å². The number of aromatic nitrogens is 1. The number of carbonyl (C=O) groups excluding carboxylic acids is 18. The second-order valence-electron chi connectivity index (χ2n) is 36.0. The average molecular weight is 2110 g/mol. The van der Waals surface area contributed by atoms with Gasteiger partial charge in [0.2, 0.25) is 106 Å². The molecule has 1 aliphatic heterocycles. The first-order chi connectivity index (χ1) is 70.4. The Morgan fingerprint density at radius 2 is 0.846 bits per heavy atom. The molecule has 1 saturated heterocycles. The summed E-state index contributed by atoms with van der Waals surface area (Å²) in [5, 5.41) is 128. The van der Waals surface area contributed by atoms with Crippen LogP contribution in [-0.4, -0.2) is 338 Å². The molecule has 0 bridgehead atoms. The van der Waals surface area contributed by atoms with Gasteiger partial charge in [0.25, 0.3) is 0 Å². The van der Waals surface area contributed by atoms with E-state index < -0.39 is 311 Å². The summed E-state index contributed by atoms with van der Waals surface area (Å²) in [4.78, 5) is 294. The first-order valence-electron chi connectivity index (χ1n) is 48.5. The van der Waals surface area contributed by atoms with Gasteiger partial charge in [-0.15, -0.1) is 0 Å². The maximum absolute atomic E-state index is 15.2. The minimum atomic E-state index is -2.11. The lowest BCUT2D eigenvalue weighted by atomic mass is 9.99. The lowest BCUT2D eigenvalue weighted by Gasteiger charge is -2.30. The number of primary amides is 2. The highest BCUT2D eigenvalue weighted by Gasteiger charge is 2.43. The summed E-state index contributed by atoms with van der Waals surface area (Å²) in [6.45, 7) is 1.76. The molecule has 0 unspecified atom stereocenters. The molecule has 0 spiro atoms. The number of phenolic OH excluding ortho intramolecular Hbond substituents is 1. The summed E-state index contributed by atoms with van der Waals surface area (Å²) in [6, 6.07) is -13.6. The summed E-state index contributed by atoms with van der Waals surface area (Å²) in [7, 11) is 0. The molecule has 18 amide bonds. The Morgan fingerprint density at radius 1 is 0.430 bits per heavy atom. The van der Waals surface area contributed by atoms with Crippen molar-refractivity contribution in [2.24, 2.45) is 51.8 Å². The molecule has 149 heavy (non-hydrogen) atoms. The Labute approximate surface area is 856 Å². The van der Waals surface area contributed by atoms with Gasteiger partial charge in [-0.2, -0.15) is 0 Å². The maximum atomic E-state index is 15.2. The molecule has 1 aliphatic rings. The van der Waals surface area contributed by atoms with Gasteiger partial charge in [0.1, 0.15) is 90.3 Å². The van der Waals surface area contributed by atoms with Crippen LogP contribution in [0.5, 0.6) is 5.75 Å². The Bertz CT molecular complexity index is 5110. The molecular formula is C91H145N31O27. The Kier molecular flexibility index (Phi) is 55.3. The summed E-state index contributed by atoms with van der Waals surface area (Å²) in [5.41, 5.74) is 46.0. The fourth-order valence-electron chi connectivity index (χ4n) is 15.4. The second kappa shape index (κ2) is 65.7. The molecule has 826 valence electrons. The molecule has 44 N–H and O–H groups in total. The van der Waals surface area contributed by atoms with Crippen LogP contribution >= 0.6 is 0 Å². The van der Waals surface area contributed by atoms with Gasteiger partial charge in [-0.3, -0.25) is 112 Å². The number of aliphatic hydroxyl groups excluding tert-OH is 2. The number of carboxylic acid groups (broad SMARTS) is 3. The number of aromatic amines is 1. The van der Waals surface area contributed by atoms with Crippen molar-refractivity contribution >= 4 is 153 Å². The molecule has 1 aromatic heterocycles. The quantitative estimate of drug-likeness (QED) is 0.0142. The highest BCUT2D eigenvalue weighted by molar-refractivity contribution is 6.02. The first kappa shape index (κ1) is 126. The molecule has 58 heteroatoms. The van der Waals surface area contributed by atoms with Crippen molar-refractivity contribution in [2.45, 2.75) is 272 Å². The largest absolute Gasteiger partial charge is 0.508 e. The van der Waals surface area contributed by atoms with Gasteiger partial charge in [-0.1, -0.05) is 50.6 Å². The van der Waals surface area contributed by atoms with E-state index in [-0.39, 0.29) is 144 Å². The summed E-state index contributed by atoms with van der Waals surface area (Å²) >= 11 is 0. The number of likely N-dealkylation sites (tertiary alicyclic amines) is 1. The molecule has 16 atom stereocenters. The van der Waals surface area contributed by atoms with E-state index in [1.165, 1.54) is 30.5 Å². The predicted octanol–water partition coefficient (Wildman–Crippen LogP) is -11.1. The number of rotatable bonds is 71. The van der Waals surface area contributed by atoms with E-state index in [4.69, 9.17) is 62.1 Å². The number of nitrogens with one attached hydrogen (secondary N) is 22. The lowest BCUT2D eigenvalue weighted by Crippen LogP contribution is -2.61. The highest BCUT2D eigenvalue weighted by atomic mass is 16.4. The number of H-pyrrole nitrogens is 1. The summed E-state index contributed by atoms with van der Waals surface area (Å²) in [5.74, 6) is -26.4. The van der Waals surface area contributed by atoms with Crippen LogP contribution in [0.2, 0.25) is 0 Å². The number of benzene rings is 2. The number of amides is 18. The van der Waals surface area contributed by atoms with E-state index in [0.29, 0.717) is 30.3 Å². The van der Waals surface area contributed by atoms with E-state index in [1.54, 1.807) is 38.1 Å². The Hall–Kier alpha value is -15.7. The number of hydrogen-bond donors (Lipinski definition) is 36. The van der Waals surface area contributed by atoms with Gasteiger partial charge in [-0.25, -0.2) is 4.79 Å². The van der Waals surface area contributed by atoms with Crippen molar-refractivity contribution in [3.05, 3.63) is 65.9 Å². The fraction of sp³-hybridized carbons (Fsp3) is 0.582. The zero-order valence-electron chi connectivity index (χ0n) is 83.2. The smallest absolute Gasteiger partial charge is 0.326 e. The number of aromatic hydroxyl groups is 1. The number of fused-ring (bicyclic) bond motifs is 1. The van der Waals surface area contributed by atoms with Crippen LogP contribution in [0, 0.1) is 22.1 Å². The number of carboxylic acids is 3. The highest BCUT2D eigenvalue weighted by Crippen LogP contribution is 2.24. The molecule has 2 heterocycles. The van der Waals surface area contributed by atoms with Gasteiger partial charge in [0, 0.05) is 75.4 Å². The minimum absolute atomic E-state index is 0.0690. The van der Waals surface area contributed by atoms with Gasteiger partial charge < -0.3 is 182 Å². The number of aliphatic hydroxyl groups is 2. The zero-order valence-corrected chi connectivity index (χ0v) is 83.2. The van der Waals surface area contributed by atoms with Crippen molar-refractivity contribution in [2.75, 3.05) is 59.0 Å². The molecule has 58 nitrogen and oxygen atoms in total. The number of hydrogen-bond acceptors (Lipinski definition) is 30. The maximum Gasteiger partial charge on any atom is 0.326 e. The monoisotopic (exact) mass is 2100 g/mol. The summed E-state index contributed by atoms with van der Waals surface area (Å²) < 4.78 is 0.